The third-order valence-electron chi connectivity index (χ3n) is 23.7. The number of imidazole rings is 1. The van der Waals surface area contributed by atoms with Crippen LogP contribution in [0.15, 0.2) is 97.7 Å². The zero-order chi connectivity index (χ0) is 100. The van der Waals surface area contributed by atoms with Crippen molar-refractivity contribution >= 4 is 146 Å². The van der Waals surface area contributed by atoms with Gasteiger partial charge in [-0.15, -0.1) is 11.8 Å². The first-order valence-corrected chi connectivity index (χ1v) is 46.6. The number of aromatic amines is 3. The van der Waals surface area contributed by atoms with Gasteiger partial charge in [0.05, 0.1) is 38.2 Å². The number of phenols is 1. The minimum atomic E-state index is -1.92. The Morgan fingerprint density at radius 2 is 1.07 bits per heavy atom. The maximum Gasteiger partial charge on any atom is 0.303 e. The number of nitrogens with one attached hydrogen (secondary N) is 15. The van der Waals surface area contributed by atoms with Crippen LogP contribution >= 0.6 is 11.8 Å². The number of unbranched alkanes of at least 4 members (excludes halogenated alkanes) is 2. The van der Waals surface area contributed by atoms with E-state index in [1.54, 1.807) is 74.8 Å². The van der Waals surface area contributed by atoms with Crippen molar-refractivity contribution in [1.82, 2.24) is 103 Å². The van der Waals surface area contributed by atoms with Gasteiger partial charge >= 0.3 is 5.97 Å². The molecular formula is C91H128N24O21S. The summed E-state index contributed by atoms with van der Waals surface area (Å²) >= 11 is 0.710. The van der Waals surface area contributed by atoms with Gasteiger partial charge in [0, 0.05) is 125 Å². The highest BCUT2D eigenvalue weighted by Crippen LogP contribution is 2.27. The number of para-hydroxylation sites is 2. The van der Waals surface area contributed by atoms with Gasteiger partial charge in [0.15, 0.2) is 5.96 Å². The number of hydrogen-bond acceptors (Lipinski definition) is 23. The van der Waals surface area contributed by atoms with Crippen LogP contribution < -0.4 is 75.7 Å². The fourth-order valence-corrected chi connectivity index (χ4v) is 17.2. The van der Waals surface area contributed by atoms with Crippen LogP contribution in [0, 0.1) is 11.3 Å². The molecule has 0 aliphatic carbocycles. The lowest BCUT2D eigenvalue weighted by atomic mass is 10.00. The molecule has 0 bridgehead atoms. The number of thioether (sulfide) groups is 1. The molecule has 2 aliphatic heterocycles. The number of carboxylic acids is 1. The summed E-state index contributed by atoms with van der Waals surface area (Å²) in [6, 6.07) is -1.53. The fraction of sp³-hybridized carbons (Fsp3) is 0.516. The van der Waals surface area contributed by atoms with Gasteiger partial charge in [-0.2, -0.15) is 0 Å². The van der Waals surface area contributed by atoms with E-state index in [0.717, 1.165) is 31.5 Å². The van der Waals surface area contributed by atoms with E-state index in [1.807, 2.05) is 13.8 Å². The van der Waals surface area contributed by atoms with Crippen molar-refractivity contribution in [2.45, 2.75) is 222 Å². The lowest BCUT2D eigenvalue weighted by Gasteiger charge is -2.36. The van der Waals surface area contributed by atoms with Crippen molar-refractivity contribution in [3.05, 3.63) is 120 Å². The van der Waals surface area contributed by atoms with Crippen LogP contribution in [0.25, 0.3) is 21.8 Å². The Hall–Kier alpha value is -14.2. The number of nitrogens with zero attached hydrogens (tertiary/aromatic N) is 6. The van der Waals surface area contributed by atoms with E-state index in [4.69, 9.17) is 22.6 Å². The molecule has 13 atom stereocenters. The number of aromatic hydroxyl groups is 1. The zero-order valence-electron chi connectivity index (χ0n) is 78.0. The maximum atomic E-state index is 15.7. The van der Waals surface area contributed by atoms with Gasteiger partial charge in [-0.05, 0) is 98.2 Å². The molecule has 17 amide bonds. The molecule has 6 aromatic rings. The number of aliphatic hydroxyl groups excluding tert-OH is 1. The lowest BCUT2D eigenvalue weighted by molar-refractivity contribution is -0.149. The average molecular weight is 1930 g/mol. The van der Waals surface area contributed by atoms with Crippen molar-refractivity contribution in [2.24, 2.45) is 23.1 Å². The average Bonchev–Trinajstić information content (AvgIpc) is 1.80. The molecule has 46 heteroatoms. The molecule has 2 aliphatic rings. The summed E-state index contributed by atoms with van der Waals surface area (Å²) in [6.45, 7) is 4.31. The highest BCUT2D eigenvalue weighted by molar-refractivity contribution is 8.00. The number of rotatable bonds is 29. The van der Waals surface area contributed by atoms with Crippen molar-refractivity contribution in [3.63, 3.8) is 0 Å². The maximum absolute atomic E-state index is 15.7. The number of primary amides is 2. The van der Waals surface area contributed by atoms with Crippen LogP contribution in [-0.4, -0.2) is 323 Å². The van der Waals surface area contributed by atoms with E-state index in [-0.39, 0.29) is 95.4 Å². The number of carbonyl (C=O) groups is 18. The summed E-state index contributed by atoms with van der Waals surface area (Å²) in [5.74, 6) is -20.3. The first-order valence-electron chi connectivity index (χ1n) is 45.5. The number of H-pyrrole nitrogens is 3. The Labute approximate surface area is 795 Å². The number of aromatic nitrogens is 4. The Kier molecular flexibility index (Phi) is 41.5. The van der Waals surface area contributed by atoms with Gasteiger partial charge < -0.3 is 130 Å². The number of guanidine groups is 1. The molecule has 24 N–H and O–H groups in total. The van der Waals surface area contributed by atoms with Gasteiger partial charge in [0.2, 0.25) is 100 Å². The van der Waals surface area contributed by atoms with E-state index < -0.39 is 241 Å². The number of phenolic OH excluding ortho intramolecular Hbond substituents is 1. The third kappa shape index (κ3) is 32.0. The molecule has 2 fully saturated rings. The van der Waals surface area contributed by atoms with Gasteiger partial charge in [-0.3, -0.25) is 91.7 Å². The van der Waals surface area contributed by atoms with E-state index in [1.165, 1.54) is 57.9 Å². The van der Waals surface area contributed by atoms with Crippen LogP contribution in [0.3, 0.4) is 0 Å². The highest BCUT2D eigenvalue weighted by atomic mass is 32.2. The van der Waals surface area contributed by atoms with E-state index in [2.05, 4.69) is 78.4 Å². The van der Waals surface area contributed by atoms with Crippen molar-refractivity contribution < 1.29 is 102 Å². The first kappa shape index (κ1) is 108. The van der Waals surface area contributed by atoms with Gasteiger partial charge in [-0.25, -0.2) is 4.98 Å². The Balaban J connectivity index is 1.21. The van der Waals surface area contributed by atoms with Crippen LogP contribution in [0.1, 0.15) is 140 Å². The predicted molar refractivity (Wildman–Crippen MR) is 502 cm³/mol. The topological polar surface area (TPSA) is 679 Å². The van der Waals surface area contributed by atoms with Crippen LogP contribution in [-0.2, 0) is 112 Å². The Morgan fingerprint density at radius 1 is 0.540 bits per heavy atom. The lowest BCUT2D eigenvalue weighted by Crippen LogP contribution is -2.61. The normalized spacial score (nSPS) is 23.1. The fourth-order valence-electron chi connectivity index (χ4n) is 16.3. The van der Waals surface area contributed by atoms with Gasteiger partial charge in [-0.1, -0.05) is 102 Å². The van der Waals surface area contributed by atoms with Crippen LogP contribution in [0.4, 0.5) is 0 Å². The molecule has 744 valence electrons. The zero-order valence-corrected chi connectivity index (χ0v) is 78.8. The van der Waals surface area contributed by atoms with Crippen molar-refractivity contribution in [2.75, 3.05) is 72.5 Å². The number of aliphatic carboxylic acids is 1. The van der Waals surface area contributed by atoms with E-state index >= 15 is 33.6 Å². The number of aliphatic hydroxyl groups is 1. The summed E-state index contributed by atoms with van der Waals surface area (Å²) in [4.78, 5) is 281. The summed E-state index contributed by atoms with van der Waals surface area (Å²) in [6.07, 6.45) is 3.57. The molecule has 5 heterocycles. The largest absolute Gasteiger partial charge is 0.508 e. The van der Waals surface area contributed by atoms with Crippen LogP contribution in [0.2, 0.25) is 0 Å². The quantitative estimate of drug-likeness (QED) is 0.0130. The highest BCUT2D eigenvalue weighted by Gasteiger charge is 2.45. The molecule has 2 saturated heterocycles. The smallest absolute Gasteiger partial charge is 0.303 e. The van der Waals surface area contributed by atoms with Crippen molar-refractivity contribution in [3.8, 4) is 5.75 Å². The second-order valence-corrected chi connectivity index (χ2v) is 35.6. The molecule has 0 unspecified atom stereocenters. The number of amides is 17. The standard InChI is InChI=1S/C91H128N24O21S/c1-9-11-24-69-83(129)104-60(23-17-33-97-91(94)95)79(125)110-68(78(124)100-44-74(93)119)47-137-48-76(121)103-64(36-51-27-29-55(117)30-28-51)87(133)112(6)70(31-32-77(122)123)84(130)108-66(40-73(92)118)89(135)115-34-18-26-71(115)85(131)105-62(39-54-43-96-49-101-54)81(127)106-63(35-50(3)4)86(132)111(5)45-75(120)102-61(37-52-41-98-58-21-15-13-19-56(52)58)80(126)109-67(46-116)82(128)107-65(38-53-42-99-59-22-16-14-20-57(53)59)88(134)114(8)72(25-12-10-2)90(136)113(69)7/h13-16,19-22,27-30,41-43,49-50,60-72,98-99,116-117H,9-12,17-18,23-26,31-40,44-48H2,1-8H3,(H2,92,118)(H2,93,119)(H,96,101)(H,100,124)(H,102,120)(H,103,121)(H,104,129)(H,105,131)(H,106,127)(H,107,128)(H,108,130)(H,109,126)(H,110,125)(H,122,123)(H4,94,95,97)/t60-,61-,62-,63-,64-,65-,66-,67-,68-,69-,70-,71-,72-/m0/s1. The SMILES string of the molecule is CCCC[C@H]1C(=O)N(C)[C@@H](CCCC)C(=O)N[C@@H](CCCNC(=N)N)C(=O)N[C@H](C(=O)NCC(N)=O)CSCC(=O)N[C@@H](Cc2ccc(O)cc2)C(=O)N(C)[C@@H](CCC(=O)O)C(=O)N[C@@H](CC(N)=O)C(=O)N2CCC[C@H]2C(=O)N[C@@H](Cc2cnc[nH]2)C(=O)N[C@@H](CC(C)C)C(=O)N(C)CC(=O)N[C@@H](Cc2c[nH]c3ccccc23)C(=O)N[C@@H](CO)C(=O)N[C@@H](Cc2c[nH]c3ccccc23)C(=O)N1C. The number of carbonyl (C=O) groups excluding carboxylic acids is 17. The summed E-state index contributed by atoms with van der Waals surface area (Å²) < 4.78 is 0. The molecule has 8 rings (SSSR count). The second-order valence-electron chi connectivity index (χ2n) is 34.6. The number of hydrogen-bond donors (Lipinski definition) is 21. The molecule has 45 nitrogen and oxygen atoms in total. The number of fused-ring (bicyclic) bond motifs is 3. The molecule has 0 radical (unpaired) electrons. The third-order valence-corrected chi connectivity index (χ3v) is 24.7. The summed E-state index contributed by atoms with van der Waals surface area (Å²) in [5.41, 5.74) is 19.7. The molecule has 137 heavy (non-hydrogen) atoms. The number of benzene rings is 3. The minimum Gasteiger partial charge on any atom is -0.508 e. The van der Waals surface area contributed by atoms with Gasteiger partial charge in [0.25, 0.3) is 0 Å². The molecule has 0 spiro atoms. The Bertz CT molecular complexity index is 5260. The van der Waals surface area contributed by atoms with E-state index in [0.29, 0.717) is 81.6 Å². The summed E-state index contributed by atoms with van der Waals surface area (Å²) in [5, 5.41) is 69.3. The second kappa shape index (κ2) is 52.6. The van der Waals surface area contributed by atoms with E-state index in [9.17, 15) is 68.1 Å². The molecule has 3 aromatic heterocycles. The van der Waals surface area contributed by atoms with Crippen LogP contribution in [0.5, 0.6) is 5.75 Å². The number of nitrogens with two attached hydrogens (primary N) is 3. The minimum absolute atomic E-state index is 0.0125. The molecule has 3 aromatic carbocycles. The summed E-state index contributed by atoms with van der Waals surface area (Å²) in [7, 11) is 5.03. The van der Waals surface area contributed by atoms with Crippen molar-refractivity contribution in [1.29, 1.82) is 5.41 Å². The first-order chi connectivity index (χ1) is 65.2. The van der Waals surface area contributed by atoms with Gasteiger partial charge in [0.1, 0.15) is 84.3 Å². The monoisotopic (exact) mass is 1920 g/mol. The Morgan fingerprint density at radius 3 is 1.64 bits per heavy atom. The number of carboxylic acid groups (broad SMARTS) is 1. The predicted octanol–water partition coefficient (Wildman–Crippen LogP) is -2.59. The number of likely N-dealkylation sites (N-methyl/N-ethyl adjacent to an activating group) is 4. The molecule has 0 saturated carbocycles. The molecular weight excluding hydrogens is 1800 g/mol.